The number of hydrogen-bond acceptors (Lipinski definition) is 6. The minimum atomic E-state index is -0.451. The molecule has 0 atom stereocenters. The van der Waals surface area contributed by atoms with Crippen molar-refractivity contribution in [1.29, 1.82) is 0 Å². The van der Waals surface area contributed by atoms with E-state index in [2.05, 4.69) is 10.2 Å². The fourth-order valence-electron chi connectivity index (χ4n) is 2.69. The first kappa shape index (κ1) is 19.5. The third kappa shape index (κ3) is 5.35. The number of nitrogens with one attached hydrogen (secondary N) is 1. The second kappa shape index (κ2) is 9.07. The lowest BCUT2D eigenvalue weighted by Gasteiger charge is -2.30. The molecule has 142 valence electrons. The van der Waals surface area contributed by atoms with Gasteiger partial charge >= 0.3 is 0 Å². The van der Waals surface area contributed by atoms with E-state index in [1.807, 2.05) is 6.07 Å². The van der Waals surface area contributed by atoms with E-state index in [1.165, 1.54) is 23.9 Å². The Balaban J connectivity index is 1.63. The van der Waals surface area contributed by atoms with Crippen LogP contribution in [0.25, 0.3) is 0 Å². The number of ether oxygens (including phenoxy) is 1. The first-order chi connectivity index (χ1) is 13.0. The maximum absolute atomic E-state index is 12.4. The number of nitrogens with zero attached hydrogens (tertiary/aromatic N) is 2. The van der Waals surface area contributed by atoms with Crippen molar-refractivity contribution in [2.75, 3.05) is 42.3 Å². The molecule has 1 amide bonds. The number of amides is 1. The number of thioether (sulfide) groups is 1. The van der Waals surface area contributed by atoms with E-state index in [1.54, 1.807) is 24.3 Å². The fraction of sp³-hybridized carbons (Fsp3) is 0.278. The molecule has 3 rings (SSSR count). The number of nitro groups is 1. The number of hydrogen-bond donors (Lipinski definition) is 1. The van der Waals surface area contributed by atoms with E-state index >= 15 is 0 Å². The summed E-state index contributed by atoms with van der Waals surface area (Å²) >= 11 is 7.41. The van der Waals surface area contributed by atoms with Crippen LogP contribution in [-0.2, 0) is 9.53 Å². The Labute approximate surface area is 165 Å². The van der Waals surface area contributed by atoms with E-state index in [0.717, 1.165) is 23.7 Å². The first-order valence-electron chi connectivity index (χ1n) is 8.32. The van der Waals surface area contributed by atoms with Gasteiger partial charge in [-0.1, -0.05) is 11.6 Å². The SMILES string of the molecule is O=C(CSc1ccc([N+](=O)[O-])cc1)Nc1cc(Cl)ccc1N1CCOCC1. The molecule has 0 aliphatic carbocycles. The average molecular weight is 408 g/mol. The van der Waals surface area contributed by atoms with E-state index in [-0.39, 0.29) is 17.3 Å². The number of nitro benzene ring substituents is 1. The van der Waals surface area contributed by atoms with Crippen molar-refractivity contribution in [3.05, 3.63) is 57.6 Å². The number of non-ortho nitro benzene ring substituents is 1. The number of benzene rings is 2. The van der Waals surface area contributed by atoms with Gasteiger partial charge in [0.05, 0.1) is 35.3 Å². The van der Waals surface area contributed by atoms with Gasteiger partial charge < -0.3 is 15.0 Å². The average Bonchev–Trinajstić information content (AvgIpc) is 2.67. The van der Waals surface area contributed by atoms with Crippen molar-refractivity contribution in [2.24, 2.45) is 0 Å². The van der Waals surface area contributed by atoms with Gasteiger partial charge in [0.25, 0.3) is 5.69 Å². The molecule has 0 aromatic heterocycles. The van der Waals surface area contributed by atoms with Crippen LogP contribution in [0.15, 0.2) is 47.4 Å². The van der Waals surface area contributed by atoms with Crippen LogP contribution in [0.4, 0.5) is 17.1 Å². The van der Waals surface area contributed by atoms with Crippen LogP contribution in [0, 0.1) is 10.1 Å². The van der Waals surface area contributed by atoms with Gasteiger partial charge in [-0.25, -0.2) is 0 Å². The Kier molecular flexibility index (Phi) is 6.54. The van der Waals surface area contributed by atoms with Crippen molar-refractivity contribution in [1.82, 2.24) is 0 Å². The lowest BCUT2D eigenvalue weighted by Crippen LogP contribution is -2.36. The third-order valence-electron chi connectivity index (χ3n) is 4.00. The van der Waals surface area contributed by atoms with Crippen molar-refractivity contribution < 1.29 is 14.5 Å². The van der Waals surface area contributed by atoms with Gasteiger partial charge in [-0.05, 0) is 30.3 Å². The summed E-state index contributed by atoms with van der Waals surface area (Å²) in [7, 11) is 0. The third-order valence-corrected chi connectivity index (χ3v) is 5.25. The molecular weight excluding hydrogens is 390 g/mol. The molecule has 27 heavy (non-hydrogen) atoms. The molecule has 7 nitrogen and oxygen atoms in total. The molecule has 0 radical (unpaired) electrons. The van der Waals surface area contributed by atoms with Gasteiger partial charge in [0.2, 0.25) is 5.91 Å². The van der Waals surface area contributed by atoms with E-state index < -0.39 is 4.92 Å². The Morgan fingerprint density at radius 3 is 2.59 bits per heavy atom. The molecule has 1 fully saturated rings. The normalized spacial score (nSPS) is 14.0. The maximum Gasteiger partial charge on any atom is 0.269 e. The van der Waals surface area contributed by atoms with Crippen molar-refractivity contribution in [3.63, 3.8) is 0 Å². The molecule has 1 heterocycles. The summed E-state index contributed by atoms with van der Waals surface area (Å²) in [4.78, 5) is 25.6. The molecule has 1 saturated heterocycles. The number of carbonyl (C=O) groups is 1. The van der Waals surface area contributed by atoms with Gasteiger partial charge in [0, 0.05) is 35.1 Å². The number of carbonyl (C=O) groups excluding carboxylic acids is 1. The quantitative estimate of drug-likeness (QED) is 0.445. The zero-order valence-corrected chi connectivity index (χ0v) is 16.0. The summed E-state index contributed by atoms with van der Waals surface area (Å²) in [6.07, 6.45) is 0. The Bertz CT molecular complexity index is 826. The Morgan fingerprint density at radius 2 is 1.93 bits per heavy atom. The molecule has 1 aliphatic rings. The topological polar surface area (TPSA) is 84.7 Å². The van der Waals surface area contributed by atoms with Gasteiger partial charge in [0.15, 0.2) is 0 Å². The van der Waals surface area contributed by atoms with Crippen molar-refractivity contribution in [2.45, 2.75) is 4.90 Å². The monoisotopic (exact) mass is 407 g/mol. The van der Waals surface area contributed by atoms with Crippen molar-refractivity contribution >= 4 is 46.3 Å². The smallest absolute Gasteiger partial charge is 0.269 e. The van der Waals surface area contributed by atoms with E-state index in [4.69, 9.17) is 16.3 Å². The van der Waals surface area contributed by atoms with E-state index in [0.29, 0.717) is 23.9 Å². The van der Waals surface area contributed by atoms with Gasteiger partial charge in [0.1, 0.15) is 0 Å². The number of anilines is 2. The highest BCUT2D eigenvalue weighted by Gasteiger charge is 2.17. The lowest BCUT2D eigenvalue weighted by molar-refractivity contribution is -0.384. The van der Waals surface area contributed by atoms with E-state index in [9.17, 15) is 14.9 Å². The summed E-state index contributed by atoms with van der Waals surface area (Å²) in [5, 5.41) is 14.1. The molecule has 1 aliphatic heterocycles. The number of halogens is 1. The largest absolute Gasteiger partial charge is 0.378 e. The highest BCUT2D eigenvalue weighted by molar-refractivity contribution is 8.00. The summed E-state index contributed by atoms with van der Waals surface area (Å²) in [5.41, 5.74) is 1.60. The van der Waals surface area contributed by atoms with Crippen LogP contribution in [0.2, 0.25) is 5.02 Å². The maximum atomic E-state index is 12.4. The minimum Gasteiger partial charge on any atom is -0.378 e. The molecule has 0 unspecified atom stereocenters. The molecule has 2 aromatic carbocycles. The number of rotatable bonds is 6. The van der Waals surface area contributed by atoms with Gasteiger partial charge in [-0.3, -0.25) is 14.9 Å². The summed E-state index contributed by atoms with van der Waals surface area (Å²) in [5.74, 6) is 0.0162. The first-order valence-corrected chi connectivity index (χ1v) is 9.68. The summed E-state index contributed by atoms with van der Waals surface area (Å²) in [6, 6.07) is 11.5. The predicted molar refractivity (Wildman–Crippen MR) is 107 cm³/mol. The summed E-state index contributed by atoms with van der Waals surface area (Å²) < 4.78 is 5.38. The predicted octanol–water partition coefficient (Wildman–Crippen LogP) is 3.82. The summed E-state index contributed by atoms with van der Waals surface area (Å²) in [6.45, 7) is 2.79. The molecule has 9 heteroatoms. The molecule has 0 saturated carbocycles. The Morgan fingerprint density at radius 1 is 1.22 bits per heavy atom. The lowest BCUT2D eigenvalue weighted by atomic mass is 10.2. The minimum absolute atomic E-state index is 0.0258. The van der Waals surface area contributed by atoms with Crippen LogP contribution in [0.1, 0.15) is 0 Å². The molecule has 1 N–H and O–H groups in total. The second-order valence-electron chi connectivity index (χ2n) is 5.85. The molecule has 0 bridgehead atoms. The Hall–Kier alpha value is -2.29. The van der Waals surface area contributed by atoms with Crippen LogP contribution in [0.3, 0.4) is 0 Å². The standard InChI is InChI=1S/C18H18ClN3O4S/c19-13-1-6-17(21-7-9-26-10-8-21)16(11-13)20-18(23)12-27-15-4-2-14(3-5-15)22(24)25/h1-6,11H,7-10,12H2,(H,20,23). The van der Waals surface area contributed by atoms with Crippen LogP contribution < -0.4 is 10.2 Å². The molecular formula is C18H18ClN3O4S. The van der Waals surface area contributed by atoms with Gasteiger partial charge in [-0.2, -0.15) is 0 Å². The van der Waals surface area contributed by atoms with Crippen LogP contribution >= 0.6 is 23.4 Å². The van der Waals surface area contributed by atoms with Crippen molar-refractivity contribution in [3.8, 4) is 0 Å². The highest BCUT2D eigenvalue weighted by atomic mass is 35.5. The molecule has 2 aromatic rings. The highest BCUT2D eigenvalue weighted by Crippen LogP contribution is 2.30. The molecule has 0 spiro atoms. The number of morpholine rings is 1. The zero-order valence-electron chi connectivity index (χ0n) is 14.4. The zero-order chi connectivity index (χ0) is 19.2. The fourth-order valence-corrected chi connectivity index (χ4v) is 3.56. The van der Waals surface area contributed by atoms with Crippen LogP contribution in [-0.4, -0.2) is 42.9 Å². The van der Waals surface area contributed by atoms with Crippen LogP contribution in [0.5, 0.6) is 0 Å². The second-order valence-corrected chi connectivity index (χ2v) is 7.33. The van der Waals surface area contributed by atoms with Gasteiger partial charge in [-0.15, -0.1) is 11.8 Å².